The Balaban J connectivity index is 2.20. The molecule has 1 aromatic heterocycles. The lowest BCUT2D eigenvalue weighted by atomic mass is 10.00. The SMILES string of the molecule is CC(C)CC(NC(=O)C(Cc1ccccc1)NC(=O)C(N)CC(N)=O)C(=O)NC(Cc1cnc[nH]1)C(=O)O. The third-order valence-electron chi connectivity index (χ3n) is 5.61. The maximum atomic E-state index is 13.3. The van der Waals surface area contributed by atoms with Crippen LogP contribution in [0.1, 0.15) is 37.9 Å². The zero-order valence-electron chi connectivity index (χ0n) is 21.3. The molecule has 13 nitrogen and oxygen atoms in total. The average Bonchev–Trinajstić information content (AvgIpc) is 3.35. The van der Waals surface area contributed by atoms with E-state index < -0.39 is 60.2 Å². The Kier molecular flexibility index (Phi) is 11.4. The molecule has 1 aromatic carbocycles. The standard InChI is InChI=1S/C25H35N7O6/c1-14(2)8-18(23(35)32-20(25(37)38)10-16-12-28-13-29-16)31-24(36)19(9-15-6-4-3-5-7-15)30-22(34)17(26)11-21(27)33/h3-7,12-14,17-20H,8-11,26H2,1-2H3,(H2,27,33)(H,28,29)(H,30,34)(H,31,36)(H,32,35)(H,37,38). The second kappa shape index (κ2) is 14.5. The third kappa shape index (κ3) is 10.0. The number of carbonyl (C=O) groups is 5. The number of aliphatic carboxylic acids is 1. The number of H-pyrrole nitrogens is 1. The summed E-state index contributed by atoms with van der Waals surface area (Å²) in [5, 5.41) is 17.3. The van der Waals surface area contributed by atoms with Gasteiger partial charge in [-0.25, -0.2) is 9.78 Å². The molecule has 206 valence electrons. The molecule has 2 aromatic rings. The van der Waals surface area contributed by atoms with Gasteiger partial charge in [0.1, 0.15) is 18.1 Å². The summed E-state index contributed by atoms with van der Waals surface area (Å²) in [6, 6.07) is 4.13. The van der Waals surface area contributed by atoms with Crippen LogP contribution in [0.3, 0.4) is 0 Å². The van der Waals surface area contributed by atoms with Gasteiger partial charge in [0.15, 0.2) is 0 Å². The van der Waals surface area contributed by atoms with Gasteiger partial charge in [0.05, 0.1) is 18.8 Å². The van der Waals surface area contributed by atoms with E-state index in [-0.39, 0.29) is 25.2 Å². The van der Waals surface area contributed by atoms with Crippen LogP contribution in [0.5, 0.6) is 0 Å². The van der Waals surface area contributed by atoms with Crippen molar-refractivity contribution in [3.63, 3.8) is 0 Å². The number of amides is 4. The number of hydrogen-bond donors (Lipinski definition) is 7. The maximum absolute atomic E-state index is 13.3. The number of nitrogens with two attached hydrogens (primary N) is 2. The highest BCUT2D eigenvalue weighted by Crippen LogP contribution is 2.09. The molecule has 0 aliphatic heterocycles. The highest BCUT2D eigenvalue weighted by molar-refractivity contribution is 5.95. The van der Waals surface area contributed by atoms with Crippen molar-refractivity contribution in [2.75, 3.05) is 0 Å². The van der Waals surface area contributed by atoms with E-state index in [9.17, 15) is 29.1 Å². The van der Waals surface area contributed by atoms with Gasteiger partial charge in [-0.3, -0.25) is 19.2 Å². The Hall–Kier alpha value is -4.26. The van der Waals surface area contributed by atoms with E-state index in [0.717, 1.165) is 5.56 Å². The van der Waals surface area contributed by atoms with Crippen molar-refractivity contribution in [2.24, 2.45) is 17.4 Å². The van der Waals surface area contributed by atoms with E-state index in [2.05, 4.69) is 25.9 Å². The number of benzene rings is 1. The average molecular weight is 530 g/mol. The van der Waals surface area contributed by atoms with Crippen LogP contribution in [-0.4, -0.2) is 68.8 Å². The number of nitrogens with zero attached hydrogens (tertiary/aromatic N) is 1. The van der Waals surface area contributed by atoms with Gasteiger partial charge in [0.2, 0.25) is 23.6 Å². The van der Waals surface area contributed by atoms with Crippen molar-refractivity contribution in [1.82, 2.24) is 25.9 Å². The lowest BCUT2D eigenvalue weighted by Gasteiger charge is -2.26. The summed E-state index contributed by atoms with van der Waals surface area (Å²) in [7, 11) is 0. The Morgan fingerprint density at radius 1 is 0.921 bits per heavy atom. The van der Waals surface area contributed by atoms with Gasteiger partial charge in [-0.2, -0.15) is 0 Å². The molecule has 0 radical (unpaired) electrons. The zero-order chi connectivity index (χ0) is 28.2. The smallest absolute Gasteiger partial charge is 0.326 e. The van der Waals surface area contributed by atoms with Crippen molar-refractivity contribution >= 4 is 29.6 Å². The summed E-state index contributed by atoms with van der Waals surface area (Å²) in [5.41, 5.74) is 12.1. The van der Waals surface area contributed by atoms with Crippen LogP contribution in [0.2, 0.25) is 0 Å². The molecule has 0 aliphatic carbocycles. The highest BCUT2D eigenvalue weighted by atomic mass is 16.4. The molecule has 0 saturated carbocycles. The molecule has 4 atom stereocenters. The summed E-state index contributed by atoms with van der Waals surface area (Å²) in [6.07, 6.45) is 2.70. The van der Waals surface area contributed by atoms with E-state index >= 15 is 0 Å². The molecular weight excluding hydrogens is 494 g/mol. The number of aromatic nitrogens is 2. The number of primary amides is 1. The minimum Gasteiger partial charge on any atom is -0.480 e. The fraction of sp³-hybridized carbons (Fsp3) is 0.440. The van der Waals surface area contributed by atoms with Gasteiger partial charge in [-0.05, 0) is 17.9 Å². The van der Waals surface area contributed by atoms with Crippen molar-refractivity contribution in [3.8, 4) is 0 Å². The topological polar surface area (TPSA) is 222 Å². The van der Waals surface area contributed by atoms with Crippen LogP contribution in [0.25, 0.3) is 0 Å². The Morgan fingerprint density at radius 2 is 1.53 bits per heavy atom. The largest absolute Gasteiger partial charge is 0.480 e. The van der Waals surface area contributed by atoms with Gasteiger partial charge >= 0.3 is 5.97 Å². The van der Waals surface area contributed by atoms with Gasteiger partial charge < -0.3 is 37.5 Å². The van der Waals surface area contributed by atoms with Crippen LogP contribution >= 0.6 is 0 Å². The predicted molar refractivity (Wildman–Crippen MR) is 137 cm³/mol. The van der Waals surface area contributed by atoms with E-state index in [0.29, 0.717) is 5.69 Å². The monoisotopic (exact) mass is 529 g/mol. The molecular formula is C25H35N7O6. The molecule has 1 heterocycles. The number of imidazole rings is 1. The van der Waals surface area contributed by atoms with Crippen LogP contribution in [0.15, 0.2) is 42.9 Å². The van der Waals surface area contributed by atoms with Crippen LogP contribution in [-0.2, 0) is 36.8 Å². The molecule has 0 fully saturated rings. The second-order valence-electron chi connectivity index (χ2n) is 9.40. The number of nitrogens with one attached hydrogen (secondary N) is 4. The summed E-state index contributed by atoms with van der Waals surface area (Å²) in [6.45, 7) is 3.69. The van der Waals surface area contributed by atoms with Crippen LogP contribution in [0, 0.1) is 5.92 Å². The first-order valence-corrected chi connectivity index (χ1v) is 12.1. The lowest BCUT2D eigenvalue weighted by molar-refractivity contribution is -0.142. The molecule has 2 rings (SSSR count). The van der Waals surface area contributed by atoms with E-state index in [4.69, 9.17) is 11.5 Å². The van der Waals surface area contributed by atoms with E-state index in [1.807, 2.05) is 13.8 Å². The van der Waals surface area contributed by atoms with Crippen LogP contribution < -0.4 is 27.4 Å². The predicted octanol–water partition coefficient (Wildman–Crippen LogP) is -1.02. The van der Waals surface area contributed by atoms with Crippen molar-refractivity contribution in [1.29, 1.82) is 0 Å². The minimum absolute atomic E-state index is 0.0339. The minimum atomic E-state index is -1.26. The molecule has 13 heteroatoms. The molecule has 4 unspecified atom stereocenters. The Labute approximate surface area is 220 Å². The first-order valence-electron chi connectivity index (χ1n) is 12.1. The molecule has 38 heavy (non-hydrogen) atoms. The first kappa shape index (κ1) is 30.0. The second-order valence-corrected chi connectivity index (χ2v) is 9.40. The normalized spacial score (nSPS) is 14.1. The molecule has 4 amide bonds. The molecule has 9 N–H and O–H groups in total. The van der Waals surface area contributed by atoms with E-state index in [1.54, 1.807) is 30.3 Å². The molecule has 0 saturated heterocycles. The molecule has 0 bridgehead atoms. The van der Waals surface area contributed by atoms with Crippen molar-refractivity contribution in [3.05, 3.63) is 54.1 Å². The zero-order valence-corrected chi connectivity index (χ0v) is 21.3. The Morgan fingerprint density at radius 3 is 2.08 bits per heavy atom. The summed E-state index contributed by atoms with van der Waals surface area (Å²) in [5.74, 6) is -4.17. The van der Waals surface area contributed by atoms with Gasteiger partial charge in [0.25, 0.3) is 0 Å². The number of rotatable bonds is 15. The maximum Gasteiger partial charge on any atom is 0.326 e. The van der Waals surface area contributed by atoms with Gasteiger partial charge in [0, 0.05) is 24.7 Å². The number of hydrogen-bond acceptors (Lipinski definition) is 7. The highest BCUT2D eigenvalue weighted by Gasteiger charge is 2.31. The van der Waals surface area contributed by atoms with E-state index in [1.165, 1.54) is 12.5 Å². The number of carboxylic acid groups (broad SMARTS) is 1. The van der Waals surface area contributed by atoms with Gasteiger partial charge in [-0.1, -0.05) is 44.2 Å². The fourth-order valence-electron chi connectivity index (χ4n) is 3.71. The number of carboxylic acids is 1. The quantitative estimate of drug-likeness (QED) is 0.151. The van der Waals surface area contributed by atoms with Crippen molar-refractivity contribution < 1.29 is 29.1 Å². The van der Waals surface area contributed by atoms with Crippen molar-refractivity contribution in [2.45, 2.75) is 63.7 Å². The van der Waals surface area contributed by atoms with Crippen LogP contribution in [0.4, 0.5) is 0 Å². The summed E-state index contributed by atoms with van der Waals surface area (Å²) in [4.78, 5) is 68.6. The first-order chi connectivity index (χ1) is 18.0. The fourth-order valence-corrected chi connectivity index (χ4v) is 3.71. The summed E-state index contributed by atoms with van der Waals surface area (Å²) >= 11 is 0. The Bertz CT molecular complexity index is 1090. The number of carbonyl (C=O) groups excluding carboxylic acids is 4. The summed E-state index contributed by atoms with van der Waals surface area (Å²) < 4.78 is 0. The van der Waals surface area contributed by atoms with Gasteiger partial charge in [-0.15, -0.1) is 0 Å². The third-order valence-corrected chi connectivity index (χ3v) is 5.61. The molecule has 0 spiro atoms. The molecule has 0 aliphatic rings. The lowest BCUT2D eigenvalue weighted by Crippen LogP contribution is -2.58. The number of aromatic amines is 1.